The quantitative estimate of drug-likeness (QED) is 0.601. The second-order valence-corrected chi connectivity index (χ2v) is 11.1. The summed E-state index contributed by atoms with van der Waals surface area (Å²) in [7, 11) is 0. The van der Waals surface area contributed by atoms with E-state index >= 15 is 0 Å². The van der Waals surface area contributed by atoms with Crippen molar-refractivity contribution in [1.82, 2.24) is 0 Å². The van der Waals surface area contributed by atoms with E-state index in [0.29, 0.717) is 8.45 Å². The number of hydrogen-bond acceptors (Lipinski definition) is 0. The van der Waals surface area contributed by atoms with Gasteiger partial charge in [-0.2, -0.15) is 0 Å². The molecule has 0 N–H and O–H groups in total. The molecule has 0 spiro atoms. The molecule has 0 nitrogen and oxygen atoms in total. The van der Waals surface area contributed by atoms with Gasteiger partial charge >= 0.3 is 151 Å². The van der Waals surface area contributed by atoms with Crippen molar-refractivity contribution in [1.29, 1.82) is 0 Å². The molecular formula is C23H24Cl2Ti. The summed E-state index contributed by atoms with van der Waals surface area (Å²) in [6, 6.07) is 13.9. The van der Waals surface area contributed by atoms with Crippen LogP contribution >= 0.6 is 0 Å². The Hall–Kier alpha value is -0.916. The van der Waals surface area contributed by atoms with Gasteiger partial charge in [0.1, 0.15) is 0 Å². The summed E-state index contributed by atoms with van der Waals surface area (Å²) in [5, 5.41) is 0. The van der Waals surface area contributed by atoms with Gasteiger partial charge in [-0.05, 0) is 0 Å². The van der Waals surface area contributed by atoms with E-state index in [4.69, 9.17) is 4.82 Å². The minimum atomic E-state index is -1.64. The number of rotatable bonds is 2. The SMILES string of the molecule is [CH2]=[Ti+2]([CH]1C(C)=Cc2cc(C)ccc21)[CH]1C(C)=Cc2cc(C)ccc21.[Cl-].[Cl-]. The molecule has 26 heavy (non-hydrogen) atoms. The first-order valence-corrected chi connectivity index (χ1v) is 11.6. The van der Waals surface area contributed by atoms with Crippen LogP contribution in [0.3, 0.4) is 0 Å². The normalized spacial score (nSPS) is 19.2. The van der Waals surface area contributed by atoms with Crippen LogP contribution < -0.4 is 24.8 Å². The second kappa shape index (κ2) is 7.99. The molecule has 0 bridgehead atoms. The Morgan fingerprint density at radius 1 is 0.692 bits per heavy atom. The minimum absolute atomic E-state index is 0. The van der Waals surface area contributed by atoms with E-state index in [1.54, 1.807) is 0 Å². The van der Waals surface area contributed by atoms with Crippen LogP contribution in [0.4, 0.5) is 0 Å². The van der Waals surface area contributed by atoms with Gasteiger partial charge in [-0.25, -0.2) is 0 Å². The largest absolute Gasteiger partial charge is 1.00 e. The third kappa shape index (κ3) is 3.46. The van der Waals surface area contributed by atoms with Crippen LogP contribution in [0.5, 0.6) is 0 Å². The zero-order valence-corrected chi connectivity index (χ0v) is 18.8. The van der Waals surface area contributed by atoms with Crippen LogP contribution in [-0.4, -0.2) is 4.82 Å². The molecule has 2 aromatic carbocycles. The van der Waals surface area contributed by atoms with E-state index in [2.05, 4.69) is 76.2 Å². The number of halogens is 2. The molecule has 0 saturated heterocycles. The second-order valence-electron chi connectivity index (χ2n) is 7.48. The summed E-state index contributed by atoms with van der Waals surface area (Å²) in [6.07, 6.45) is 4.80. The third-order valence-electron chi connectivity index (χ3n) is 5.53. The van der Waals surface area contributed by atoms with E-state index in [1.165, 1.54) is 44.5 Å². The maximum Gasteiger partial charge on any atom is -1.00 e. The number of allylic oxidation sites excluding steroid dienone is 2. The van der Waals surface area contributed by atoms with Crippen LogP contribution in [0, 0.1) is 13.8 Å². The summed E-state index contributed by atoms with van der Waals surface area (Å²) >= 11 is -1.64. The molecule has 0 radical (unpaired) electrons. The van der Waals surface area contributed by atoms with Crippen molar-refractivity contribution in [3.8, 4) is 0 Å². The Morgan fingerprint density at radius 2 is 1.08 bits per heavy atom. The summed E-state index contributed by atoms with van der Waals surface area (Å²) in [4.78, 5) is 4.83. The van der Waals surface area contributed by atoms with Gasteiger partial charge in [-0.3, -0.25) is 0 Å². The predicted molar refractivity (Wildman–Crippen MR) is 102 cm³/mol. The predicted octanol–water partition coefficient (Wildman–Crippen LogP) is -0.0222. The van der Waals surface area contributed by atoms with Crippen LogP contribution in [0.2, 0.25) is 0 Å². The molecule has 0 aliphatic heterocycles. The summed E-state index contributed by atoms with van der Waals surface area (Å²) in [5.41, 5.74) is 11.6. The van der Waals surface area contributed by atoms with E-state index in [9.17, 15) is 0 Å². The van der Waals surface area contributed by atoms with Crippen molar-refractivity contribution < 1.29 is 42.2 Å². The van der Waals surface area contributed by atoms with Gasteiger partial charge in [-0.15, -0.1) is 0 Å². The van der Waals surface area contributed by atoms with Gasteiger partial charge in [-0.1, -0.05) is 0 Å². The van der Waals surface area contributed by atoms with Crippen molar-refractivity contribution in [3.05, 3.63) is 80.9 Å². The molecule has 0 heterocycles. The molecule has 0 amide bonds. The molecule has 3 heteroatoms. The average Bonchev–Trinajstić information content (AvgIpc) is 3.01. The zero-order chi connectivity index (χ0) is 17.0. The summed E-state index contributed by atoms with van der Waals surface area (Å²) in [5.74, 6) is 0. The van der Waals surface area contributed by atoms with E-state index in [0.717, 1.165) is 0 Å². The molecule has 4 rings (SSSR count). The van der Waals surface area contributed by atoms with Gasteiger partial charge in [0.05, 0.1) is 0 Å². The zero-order valence-electron chi connectivity index (χ0n) is 15.7. The van der Waals surface area contributed by atoms with Gasteiger partial charge in [0.25, 0.3) is 0 Å². The Morgan fingerprint density at radius 3 is 1.46 bits per heavy atom. The maximum atomic E-state index is 4.83. The van der Waals surface area contributed by atoms with Crippen molar-refractivity contribution >= 4 is 17.0 Å². The van der Waals surface area contributed by atoms with Gasteiger partial charge < -0.3 is 24.8 Å². The number of hydrogen-bond donors (Lipinski definition) is 0. The average molecular weight is 419 g/mol. The van der Waals surface area contributed by atoms with E-state index < -0.39 is 17.4 Å². The molecule has 0 aromatic heterocycles. The van der Waals surface area contributed by atoms with Gasteiger partial charge in [0, 0.05) is 0 Å². The molecular weight excluding hydrogens is 395 g/mol. The Labute approximate surface area is 175 Å². The summed E-state index contributed by atoms with van der Waals surface area (Å²) < 4.78 is 1.17. The Balaban J connectivity index is 0.00000121. The van der Waals surface area contributed by atoms with Crippen LogP contribution in [0.15, 0.2) is 47.5 Å². The van der Waals surface area contributed by atoms with Crippen LogP contribution in [-0.2, 0) is 17.4 Å². The fraction of sp³-hybridized carbons (Fsp3) is 0.261. The molecule has 2 unspecified atom stereocenters. The molecule has 0 saturated carbocycles. The smallest absolute Gasteiger partial charge is 1.00 e. The van der Waals surface area contributed by atoms with E-state index in [1.807, 2.05) is 0 Å². The van der Waals surface area contributed by atoms with Gasteiger partial charge in [0.15, 0.2) is 0 Å². The molecule has 2 atom stereocenters. The van der Waals surface area contributed by atoms with Crippen molar-refractivity contribution in [2.75, 3.05) is 0 Å². The molecule has 0 fully saturated rings. The van der Waals surface area contributed by atoms with Gasteiger partial charge in [0.2, 0.25) is 0 Å². The molecule has 134 valence electrons. The van der Waals surface area contributed by atoms with Crippen molar-refractivity contribution in [3.63, 3.8) is 0 Å². The number of aryl methyl sites for hydroxylation is 2. The Bertz CT molecular complexity index is 862. The third-order valence-corrected chi connectivity index (χ3v) is 10.2. The van der Waals surface area contributed by atoms with Crippen LogP contribution in [0.1, 0.15) is 55.7 Å². The Kier molecular flexibility index (Phi) is 6.57. The minimum Gasteiger partial charge on any atom is -1.00 e. The standard InChI is InChI=1S/2C11H11.CH2.2ClH.Ti/c2*1-8-3-4-10-6-9(2)7-11(10)5-8;;;;/h2*3-7H,1-2H3;1H2;2*1H;/q;;;;;+2/p-2. The topological polar surface area (TPSA) is 0 Å². The van der Waals surface area contributed by atoms with E-state index in [-0.39, 0.29) is 24.8 Å². The van der Waals surface area contributed by atoms with Crippen molar-refractivity contribution in [2.45, 2.75) is 36.1 Å². The number of benzene rings is 2. The fourth-order valence-electron chi connectivity index (χ4n) is 4.46. The first kappa shape index (κ1) is 21.4. The fourth-order valence-corrected chi connectivity index (χ4v) is 9.14. The molecule has 2 aromatic rings. The first-order chi connectivity index (χ1) is 11.5. The number of fused-ring (bicyclic) bond motifs is 2. The molecule has 2 aliphatic rings. The molecule has 2 aliphatic carbocycles. The summed E-state index contributed by atoms with van der Waals surface area (Å²) in [6.45, 7) is 8.98. The van der Waals surface area contributed by atoms with Crippen molar-refractivity contribution in [2.24, 2.45) is 0 Å². The first-order valence-electron chi connectivity index (χ1n) is 8.72. The van der Waals surface area contributed by atoms with Crippen LogP contribution in [0.25, 0.3) is 12.2 Å². The monoisotopic (exact) mass is 418 g/mol. The maximum absolute atomic E-state index is 4.83.